The van der Waals surface area contributed by atoms with Gasteiger partial charge in [-0.15, -0.1) is 11.3 Å². The predicted molar refractivity (Wildman–Crippen MR) is 198 cm³/mol. The van der Waals surface area contributed by atoms with E-state index in [9.17, 15) is 5.26 Å². The van der Waals surface area contributed by atoms with Crippen LogP contribution >= 0.6 is 11.3 Å². The topological polar surface area (TPSA) is 33.6 Å². The van der Waals surface area contributed by atoms with Crippen LogP contribution in [0, 0.1) is 11.3 Å². The predicted octanol–water partition coefficient (Wildman–Crippen LogP) is 11.8. The minimum absolute atomic E-state index is 0.638. The molecule has 0 bridgehead atoms. The second kappa shape index (κ2) is 9.92. The van der Waals surface area contributed by atoms with Crippen LogP contribution in [0.1, 0.15) is 5.56 Å². The Morgan fingerprint density at radius 2 is 1.17 bits per heavy atom. The minimum Gasteiger partial charge on any atom is -0.309 e. The molecule has 7 aromatic carbocycles. The summed E-state index contributed by atoms with van der Waals surface area (Å²) in [5.41, 5.74) is 9.63. The van der Waals surface area contributed by atoms with E-state index >= 15 is 0 Å². The van der Waals surface area contributed by atoms with Gasteiger partial charge in [-0.2, -0.15) is 5.26 Å². The molecule has 4 heteroatoms. The van der Waals surface area contributed by atoms with Crippen molar-refractivity contribution in [1.82, 2.24) is 9.13 Å². The number of nitrogens with zero attached hydrogens (tertiary/aromatic N) is 3. The molecule has 0 saturated carbocycles. The lowest BCUT2D eigenvalue weighted by Crippen LogP contribution is -1.98. The van der Waals surface area contributed by atoms with Gasteiger partial charge in [-0.05, 0) is 66.2 Å². The van der Waals surface area contributed by atoms with Gasteiger partial charge in [0.05, 0.1) is 39.4 Å². The zero-order valence-corrected chi connectivity index (χ0v) is 26.0. The largest absolute Gasteiger partial charge is 0.309 e. The Bertz CT molecular complexity index is 2860. The summed E-state index contributed by atoms with van der Waals surface area (Å²) in [6, 6.07) is 56.4. The number of fused-ring (bicyclic) bond motifs is 10. The molecule has 0 amide bonds. The quantitative estimate of drug-likeness (QED) is 0.195. The molecular weight excluding hydrogens is 591 g/mol. The van der Waals surface area contributed by atoms with Gasteiger partial charge >= 0.3 is 0 Å². The van der Waals surface area contributed by atoms with Crippen LogP contribution in [0.2, 0.25) is 0 Å². The van der Waals surface area contributed by atoms with Crippen LogP contribution in [0.15, 0.2) is 152 Å². The second-order valence-electron chi connectivity index (χ2n) is 12.0. The molecule has 3 heterocycles. The van der Waals surface area contributed by atoms with E-state index < -0.39 is 0 Å². The first-order valence-corrected chi connectivity index (χ1v) is 16.6. The smallest absolute Gasteiger partial charge is 0.0992 e. The first-order chi connectivity index (χ1) is 23.3. The fourth-order valence-corrected chi connectivity index (χ4v) is 8.65. The molecule has 0 radical (unpaired) electrons. The number of aromatic nitrogens is 2. The highest BCUT2D eigenvalue weighted by Gasteiger charge is 2.20. The standard InChI is InChI=1S/C43H25N3S/c44-26-27-18-20-30(39(24-27)46-36-15-7-4-12-31(36)32-13-5-8-16-37(32)46)28-19-22-38-35(25-28)33-21-23-41-42(34-14-6-9-17-40(34)47-41)43(33)45(38)29-10-2-1-3-11-29/h1-25H. The molecular formula is C43H25N3S. The molecule has 10 aromatic rings. The number of rotatable bonds is 3. The molecule has 0 aliphatic rings. The van der Waals surface area contributed by atoms with Crippen LogP contribution in [0.25, 0.3) is 86.3 Å². The molecule has 0 aliphatic heterocycles. The molecule has 3 nitrogen and oxygen atoms in total. The SMILES string of the molecule is N#Cc1ccc(-c2ccc3c(c2)c2ccc4sc5ccccc5c4c2n3-c2ccccc2)c(-n2c3ccccc3c3ccccc32)c1. The van der Waals surface area contributed by atoms with Gasteiger partial charge in [-0.25, -0.2) is 0 Å². The first-order valence-electron chi connectivity index (χ1n) is 15.8. The maximum absolute atomic E-state index is 10.0. The van der Waals surface area contributed by atoms with E-state index in [1.54, 1.807) is 0 Å². The minimum atomic E-state index is 0.638. The lowest BCUT2D eigenvalue weighted by Gasteiger charge is -2.15. The third-order valence-corrected chi connectivity index (χ3v) is 10.7. The van der Waals surface area contributed by atoms with Gasteiger partial charge in [-0.1, -0.05) is 91.0 Å². The number of hydrogen-bond donors (Lipinski definition) is 0. The summed E-state index contributed by atoms with van der Waals surface area (Å²) >= 11 is 1.85. The van der Waals surface area contributed by atoms with Crippen LogP contribution in [0.4, 0.5) is 0 Å². The monoisotopic (exact) mass is 615 g/mol. The van der Waals surface area contributed by atoms with E-state index in [-0.39, 0.29) is 0 Å². The van der Waals surface area contributed by atoms with E-state index in [2.05, 4.69) is 155 Å². The average Bonchev–Trinajstić information content (AvgIpc) is 3.79. The van der Waals surface area contributed by atoms with E-state index in [1.165, 1.54) is 52.8 Å². The molecule has 0 fully saturated rings. The maximum Gasteiger partial charge on any atom is 0.0992 e. The van der Waals surface area contributed by atoms with Crippen LogP contribution in [0.5, 0.6) is 0 Å². The lowest BCUT2D eigenvalue weighted by atomic mass is 9.99. The van der Waals surface area contributed by atoms with Gasteiger partial charge in [0.25, 0.3) is 0 Å². The fourth-order valence-electron chi connectivity index (χ4n) is 7.54. The molecule has 0 spiro atoms. The molecule has 218 valence electrons. The van der Waals surface area contributed by atoms with E-state index in [0.29, 0.717) is 5.56 Å². The van der Waals surface area contributed by atoms with Crippen molar-refractivity contribution in [2.75, 3.05) is 0 Å². The third kappa shape index (κ3) is 3.72. The molecule has 0 aliphatic carbocycles. The van der Waals surface area contributed by atoms with E-state index in [1.807, 2.05) is 23.5 Å². The van der Waals surface area contributed by atoms with E-state index in [4.69, 9.17) is 0 Å². The normalized spacial score (nSPS) is 11.8. The highest BCUT2D eigenvalue weighted by molar-refractivity contribution is 7.26. The van der Waals surface area contributed by atoms with E-state index in [0.717, 1.165) is 33.5 Å². The summed E-state index contributed by atoms with van der Waals surface area (Å²) in [4.78, 5) is 0. The summed E-state index contributed by atoms with van der Waals surface area (Å²) in [5, 5.41) is 17.4. The summed E-state index contributed by atoms with van der Waals surface area (Å²) in [7, 11) is 0. The number of thiophene rings is 1. The molecule has 0 unspecified atom stereocenters. The van der Waals surface area contributed by atoms with Crippen LogP contribution in [-0.2, 0) is 0 Å². The van der Waals surface area contributed by atoms with Crippen molar-refractivity contribution in [1.29, 1.82) is 5.26 Å². The van der Waals surface area contributed by atoms with Crippen molar-refractivity contribution >= 4 is 75.1 Å². The van der Waals surface area contributed by atoms with Crippen LogP contribution in [-0.4, -0.2) is 9.13 Å². The van der Waals surface area contributed by atoms with Crippen LogP contribution in [0.3, 0.4) is 0 Å². The summed E-state index contributed by atoms with van der Waals surface area (Å²) in [6.45, 7) is 0. The highest BCUT2D eigenvalue weighted by Crippen LogP contribution is 2.44. The van der Waals surface area contributed by atoms with Crippen molar-refractivity contribution in [2.24, 2.45) is 0 Å². The zero-order chi connectivity index (χ0) is 31.1. The summed E-state index contributed by atoms with van der Waals surface area (Å²) < 4.78 is 7.34. The summed E-state index contributed by atoms with van der Waals surface area (Å²) in [5.74, 6) is 0. The first kappa shape index (κ1) is 26.1. The van der Waals surface area contributed by atoms with Crippen molar-refractivity contribution in [3.05, 3.63) is 157 Å². The van der Waals surface area contributed by atoms with Crippen molar-refractivity contribution in [2.45, 2.75) is 0 Å². The van der Waals surface area contributed by atoms with Crippen molar-refractivity contribution in [3.63, 3.8) is 0 Å². The van der Waals surface area contributed by atoms with Crippen LogP contribution < -0.4 is 0 Å². The van der Waals surface area contributed by atoms with Gasteiger partial charge in [0, 0.05) is 53.0 Å². The summed E-state index contributed by atoms with van der Waals surface area (Å²) in [6.07, 6.45) is 0. The maximum atomic E-state index is 10.0. The highest BCUT2D eigenvalue weighted by atomic mass is 32.1. The average molecular weight is 616 g/mol. The lowest BCUT2D eigenvalue weighted by molar-refractivity contribution is 1.18. The molecule has 0 saturated heterocycles. The van der Waals surface area contributed by atoms with Gasteiger partial charge in [0.1, 0.15) is 0 Å². The number of benzene rings is 7. The van der Waals surface area contributed by atoms with Gasteiger partial charge in [-0.3, -0.25) is 0 Å². The number of nitriles is 1. The zero-order valence-electron chi connectivity index (χ0n) is 25.2. The Labute approximate surface area is 274 Å². The van der Waals surface area contributed by atoms with Gasteiger partial charge < -0.3 is 9.13 Å². The molecule has 3 aromatic heterocycles. The molecule has 0 N–H and O–H groups in total. The Hall–Kier alpha value is -6.15. The van der Waals surface area contributed by atoms with Crippen molar-refractivity contribution in [3.8, 4) is 28.6 Å². The number of hydrogen-bond acceptors (Lipinski definition) is 2. The third-order valence-electron chi connectivity index (χ3n) is 9.54. The molecule has 47 heavy (non-hydrogen) atoms. The van der Waals surface area contributed by atoms with Gasteiger partial charge in [0.15, 0.2) is 0 Å². The molecule has 10 rings (SSSR count). The van der Waals surface area contributed by atoms with Gasteiger partial charge in [0.2, 0.25) is 0 Å². The molecule has 0 atom stereocenters. The Morgan fingerprint density at radius 3 is 1.94 bits per heavy atom. The Balaban J connectivity index is 1.31. The second-order valence-corrected chi connectivity index (χ2v) is 13.1. The van der Waals surface area contributed by atoms with Crippen molar-refractivity contribution < 1.29 is 0 Å². The number of para-hydroxylation sites is 3. The Kier molecular flexibility index (Phi) is 5.51. The fraction of sp³-hybridized carbons (Fsp3) is 0. The Morgan fingerprint density at radius 1 is 0.489 bits per heavy atom.